The molecule has 0 saturated heterocycles. The highest BCUT2D eigenvalue weighted by Crippen LogP contribution is 2.20. The lowest BCUT2D eigenvalue weighted by Gasteiger charge is -2.12. The highest BCUT2D eigenvalue weighted by Gasteiger charge is 2.16. The zero-order valence-electron chi connectivity index (χ0n) is 12.1. The molecule has 0 fully saturated rings. The van der Waals surface area contributed by atoms with Crippen LogP contribution in [0.5, 0.6) is 0 Å². The normalized spacial score (nSPS) is 11.5. The van der Waals surface area contributed by atoms with Crippen molar-refractivity contribution in [2.75, 3.05) is 18.4 Å². The van der Waals surface area contributed by atoms with Crippen molar-refractivity contribution in [2.45, 2.75) is 18.2 Å². The number of aromatic nitrogens is 3. The monoisotopic (exact) mass is 309 g/mol. The van der Waals surface area contributed by atoms with Gasteiger partial charge in [0, 0.05) is 26.6 Å². The SMILES string of the molecule is CCNS(=O)(=O)c1ccccc1NCCc1ncn(C)n1. The van der Waals surface area contributed by atoms with Crippen molar-refractivity contribution in [3.05, 3.63) is 36.4 Å². The van der Waals surface area contributed by atoms with Gasteiger partial charge in [0.25, 0.3) is 0 Å². The molecule has 0 radical (unpaired) electrons. The summed E-state index contributed by atoms with van der Waals surface area (Å²) in [5.41, 5.74) is 0.578. The van der Waals surface area contributed by atoms with Gasteiger partial charge in [-0.3, -0.25) is 4.68 Å². The topological polar surface area (TPSA) is 88.9 Å². The molecule has 114 valence electrons. The second-order valence-electron chi connectivity index (χ2n) is 4.51. The van der Waals surface area contributed by atoms with Gasteiger partial charge >= 0.3 is 0 Å². The quantitative estimate of drug-likeness (QED) is 0.788. The Hall–Kier alpha value is -1.93. The summed E-state index contributed by atoms with van der Waals surface area (Å²) in [4.78, 5) is 4.38. The van der Waals surface area contributed by atoms with E-state index in [0.717, 1.165) is 5.82 Å². The van der Waals surface area contributed by atoms with E-state index >= 15 is 0 Å². The Bertz CT molecular complexity index is 696. The molecule has 0 saturated carbocycles. The minimum atomic E-state index is -3.48. The maximum atomic E-state index is 12.1. The highest BCUT2D eigenvalue weighted by molar-refractivity contribution is 7.89. The van der Waals surface area contributed by atoms with Gasteiger partial charge in [0.2, 0.25) is 10.0 Å². The third kappa shape index (κ3) is 4.02. The Kier molecular flexibility index (Phi) is 4.92. The average molecular weight is 309 g/mol. The minimum Gasteiger partial charge on any atom is -0.383 e. The molecule has 2 N–H and O–H groups in total. The van der Waals surface area contributed by atoms with Crippen molar-refractivity contribution in [3.63, 3.8) is 0 Å². The summed E-state index contributed by atoms with van der Waals surface area (Å²) < 4.78 is 28.4. The number of aryl methyl sites for hydroxylation is 1. The van der Waals surface area contributed by atoms with Crippen LogP contribution in [0.15, 0.2) is 35.5 Å². The second kappa shape index (κ2) is 6.68. The summed E-state index contributed by atoms with van der Waals surface area (Å²) in [6.45, 7) is 2.66. The maximum Gasteiger partial charge on any atom is 0.242 e. The lowest BCUT2D eigenvalue weighted by Crippen LogP contribution is -2.24. The minimum absolute atomic E-state index is 0.251. The molecular formula is C13H19N5O2S. The molecule has 0 aliphatic heterocycles. The number of para-hydroxylation sites is 1. The molecule has 0 bridgehead atoms. The van der Waals surface area contributed by atoms with Gasteiger partial charge in [-0.15, -0.1) is 0 Å². The zero-order valence-corrected chi connectivity index (χ0v) is 12.9. The van der Waals surface area contributed by atoms with Crippen LogP contribution in [0, 0.1) is 0 Å². The van der Waals surface area contributed by atoms with Crippen LogP contribution in [0.1, 0.15) is 12.7 Å². The molecule has 8 heteroatoms. The molecule has 0 aliphatic carbocycles. The van der Waals surface area contributed by atoms with Crippen LogP contribution in [0.25, 0.3) is 0 Å². The van der Waals surface area contributed by atoms with E-state index < -0.39 is 10.0 Å². The zero-order chi connectivity index (χ0) is 15.3. The fraction of sp³-hybridized carbons (Fsp3) is 0.385. The molecule has 1 heterocycles. The van der Waals surface area contributed by atoms with Crippen LogP contribution < -0.4 is 10.0 Å². The number of sulfonamides is 1. The third-order valence-corrected chi connectivity index (χ3v) is 4.43. The van der Waals surface area contributed by atoms with Gasteiger partial charge in [-0.1, -0.05) is 19.1 Å². The first-order chi connectivity index (χ1) is 10.0. The first-order valence-corrected chi connectivity index (χ1v) is 8.18. The van der Waals surface area contributed by atoms with E-state index in [0.29, 0.717) is 25.2 Å². The lowest BCUT2D eigenvalue weighted by molar-refractivity contribution is 0.584. The Morgan fingerprint density at radius 2 is 2.05 bits per heavy atom. The Morgan fingerprint density at radius 3 is 2.71 bits per heavy atom. The summed E-state index contributed by atoms with van der Waals surface area (Å²) in [6, 6.07) is 6.83. The fourth-order valence-corrected chi connectivity index (χ4v) is 3.15. The number of hydrogen-bond donors (Lipinski definition) is 2. The molecule has 7 nitrogen and oxygen atoms in total. The maximum absolute atomic E-state index is 12.1. The van der Waals surface area contributed by atoms with Crippen LogP contribution in [0.2, 0.25) is 0 Å². The summed E-state index contributed by atoms with van der Waals surface area (Å²) in [7, 11) is -1.67. The van der Waals surface area contributed by atoms with Gasteiger partial charge in [0.15, 0.2) is 5.82 Å². The molecule has 1 aromatic carbocycles. The molecule has 0 aliphatic rings. The van der Waals surface area contributed by atoms with E-state index in [2.05, 4.69) is 20.1 Å². The lowest BCUT2D eigenvalue weighted by atomic mass is 10.3. The van der Waals surface area contributed by atoms with E-state index in [1.54, 1.807) is 42.2 Å². The van der Waals surface area contributed by atoms with Crippen molar-refractivity contribution in [3.8, 4) is 0 Å². The predicted octanol–water partition coefficient (Wildman–Crippen LogP) is 0.768. The summed E-state index contributed by atoms with van der Waals surface area (Å²) in [5.74, 6) is 0.719. The van der Waals surface area contributed by atoms with Crippen molar-refractivity contribution in [1.29, 1.82) is 0 Å². The van der Waals surface area contributed by atoms with Crippen LogP contribution in [0.3, 0.4) is 0 Å². The van der Waals surface area contributed by atoms with Gasteiger partial charge in [0.1, 0.15) is 11.2 Å². The highest BCUT2D eigenvalue weighted by atomic mass is 32.2. The fourth-order valence-electron chi connectivity index (χ4n) is 1.92. The number of nitrogens with one attached hydrogen (secondary N) is 2. The predicted molar refractivity (Wildman–Crippen MR) is 80.5 cm³/mol. The Balaban J connectivity index is 2.06. The molecule has 21 heavy (non-hydrogen) atoms. The van der Waals surface area contributed by atoms with Gasteiger partial charge in [-0.25, -0.2) is 18.1 Å². The van der Waals surface area contributed by atoms with Crippen molar-refractivity contribution < 1.29 is 8.42 Å². The van der Waals surface area contributed by atoms with Crippen molar-refractivity contribution >= 4 is 15.7 Å². The molecule has 1 aromatic heterocycles. The van der Waals surface area contributed by atoms with Crippen LogP contribution in [-0.4, -0.2) is 36.3 Å². The molecule has 0 spiro atoms. The number of hydrogen-bond acceptors (Lipinski definition) is 5. The van der Waals surface area contributed by atoms with E-state index in [9.17, 15) is 8.42 Å². The van der Waals surface area contributed by atoms with Crippen molar-refractivity contribution in [2.24, 2.45) is 7.05 Å². The molecule has 0 atom stereocenters. The first-order valence-electron chi connectivity index (χ1n) is 6.70. The number of nitrogens with zero attached hydrogens (tertiary/aromatic N) is 3. The van der Waals surface area contributed by atoms with E-state index in [-0.39, 0.29) is 4.90 Å². The number of rotatable bonds is 7. The number of anilines is 1. The van der Waals surface area contributed by atoms with E-state index in [1.165, 1.54) is 0 Å². The first kappa shape index (κ1) is 15.5. The van der Waals surface area contributed by atoms with Gasteiger partial charge in [-0.05, 0) is 12.1 Å². The number of benzene rings is 1. The molecule has 2 aromatic rings. The molecular weight excluding hydrogens is 290 g/mol. The smallest absolute Gasteiger partial charge is 0.242 e. The Morgan fingerprint density at radius 1 is 1.29 bits per heavy atom. The van der Waals surface area contributed by atoms with E-state index in [4.69, 9.17) is 0 Å². The second-order valence-corrected chi connectivity index (χ2v) is 6.24. The van der Waals surface area contributed by atoms with Crippen molar-refractivity contribution in [1.82, 2.24) is 19.5 Å². The van der Waals surface area contributed by atoms with Crippen LogP contribution in [-0.2, 0) is 23.5 Å². The summed E-state index contributed by atoms with van der Waals surface area (Å²) in [5, 5.41) is 7.30. The van der Waals surface area contributed by atoms with Gasteiger partial charge < -0.3 is 5.32 Å². The third-order valence-electron chi connectivity index (χ3n) is 2.82. The largest absolute Gasteiger partial charge is 0.383 e. The summed E-state index contributed by atoms with van der Waals surface area (Å²) >= 11 is 0. The molecule has 2 rings (SSSR count). The summed E-state index contributed by atoms with van der Waals surface area (Å²) in [6.07, 6.45) is 2.26. The molecule has 0 unspecified atom stereocenters. The van der Waals surface area contributed by atoms with Gasteiger partial charge in [-0.2, -0.15) is 5.10 Å². The standard InChI is InChI=1S/C13H19N5O2S/c1-3-16-21(19,20)12-7-5-4-6-11(12)14-9-8-13-15-10-18(2)17-13/h4-7,10,14,16H,3,8-9H2,1-2H3. The van der Waals surface area contributed by atoms with Crippen LogP contribution in [0.4, 0.5) is 5.69 Å². The average Bonchev–Trinajstić information content (AvgIpc) is 2.85. The van der Waals surface area contributed by atoms with Gasteiger partial charge in [0.05, 0.1) is 5.69 Å². The van der Waals surface area contributed by atoms with E-state index in [1.807, 2.05) is 7.05 Å². The Labute approximate surface area is 124 Å². The van der Waals surface area contributed by atoms with Crippen LogP contribution >= 0.6 is 0 Å². The molecule has 0 amide bonds.